The van der Waals surface area contributed by atoms with Gasteiger partial charge in [0, 0.05) is 13.2 Å². The minimum absolute atomic E-state index is 0.479. The van der Waals surface area contributed by atoms with E-state index >= 15 is 0 Å². The zero-order valence-corrected chi connectivity index (χ0v) is 10.4. The van der Waals surface area contributed by atoms with Gasteiger partial charge in [0.15, 0.2) is 0 Å². The smallest absolute Gasteiger partial charge is 0.335 e. The molecule has 0 unspecified atom stereocenters. The van der Waals surface area contributed by atoms with Crippen molar-refractivity contribution in [2.24, 2.45) is 0 Å². The zero-order valence-electron chi connectivity index (χ0n) is 10.4. The van der Waals surface area contributed by atoms with E-state index in [0.29, 0.717) is 26.1 Å². The zero-order chi connectivity index (χ0) is 13.4. The minimum atomic E-state index is -0.953. The van der Waals surface area contributed by atoms with Crippen LogP contribution in [-0.4, -0.2) is 22.3 Å². The molecule has 3 rings (SSSR count). The lowest BCUT2D eigenvalue weighted by molar-refractivity contribution is 0.0301. The van der Waals surface area contributed by atoms with Crippen LogP contribution in [0.2, 0.25) is 0 Å². The normalized spacial score (nSPS) is 27.0. The van der Waals surface area contributed by atoms with Crippen LogP contribution in [0.4, 0.5) is 4.39 Å². The molecular weight excluding hydrogens is 255 g/mol. The fraction of sp³-hybridized carbons (Fsp3) is 0.667. The SMILES string of the molecule is O=c1c(F)cn([C@H]2CCCO2)c(=O)n1[C@@H]1CCCO1. The first-order valence-corrected chi connectivity index (χ1v) is 6.45. The third-order valence-electron chi connectivity index (χ3n) is 3.51. The van der Waals surface area contributed by atoms with E-state index in [9.17, 15) is 14.0 Å². The van der Waals surface area contributed by atoms with Crippen molar-refractivity contribution in [3.63, 3.8) is 0 Å². The highest BCUT2D eigenvalue weighted by Crippen LogP contribution is 2.23. The molecule has 19 heavy (non-hydrogen) atoms. The van der Waals surface area contributed by atoms with E-state index in [1.165, 1.54) is 0 Å². The summed E-state index contributed by atoms with van der Waals surface area (Å²) < 4.78 is 26.4. The first-order chi connectivity index (χ1) is 9.18. The van der Waals surface area contributed by atoms with Crippen LogP contribution < -0.4 is 11.2 Å². The number of halogens is 1. The minimum Gasteiger partial charge on any atom is -0.358 e. The summed E-state index contributed by atoms with van der Waals surface area (Å²) in [5, 5.41) is 0. The fourth-order valence-corrected chi connectivity index (χ4v) is 2.56. The number of hydrogen-bond acceptors (Lipinski definition) is 4. The molecule has 0 aliphatic carbocycles. The Labute approximate surface area is 108 Å². The second-order valence-electron chi connectivity index (χ2n) is 4.78. The molecule has 0 saturated carbocycles. The van der Waals surface area contributed by atoms with Gasteiger partial charge in [-0.15, -0.1) is 0 Å². The van der Waals surface area contributed by atoms with Crippen LogP contribution in [-0.2, 0) is 9.47 Å². The summed E-state index contributed by atoms with van der Waals surface area (Å²) in [7, 11) is 0. The lowest BCUT2D eigenvalue weighted by Gasteiger charge is -2.18. The average molecular weight is 270 g/mol. The number of nitrogens with zero attached hydrogens (tertiary/aromatic N) is 2. The highest BCUT2D eigenvalue weighted by atomic mass is 19.1. The Hall–Kier alpha value is -1.47. The summed E-state index contributed by atoms with van der Waals surface area (Å²) in [5.74, 6) is -0.953. The second-order valence-corrected chi connectivity index (χ2v) is 4.78. The fourth-order valence-electron chi connectivity index (χ4n) is 2.56. The lowest BCUT2D eigenvalue weighted by atomic mass is 10.3. The van der Waals surface area contributed by atoms with Crippen LogP contribution in [0.25, 0.3) is 0 Å². The molecule has 0 spiro atoms. The Morgan fingerprint density at radius 2 is 1.74 bits per heavy atom. The Kier molecular flexibility index (Phi) is 3.24. The lowest BCUT2D eigenvalue weighted by Crippen LogP contribution is -2.44. The van der Waals surface area contributed by atoms with Crippen LogP contribution in [0.5, 0.6) is 0 Å². The van der Waals surface area contributed by atoms with E-state index in [0.717, 1.165) is 28.2 Å². The number of ether oxygens (including phenoxy) is 2. The molecule has 7 heteroatoms. The predicted octanol–water partition coefficient (Wildman–Crippen LogP) is 0.767. The average Bonchev–Trinajstić information content (AvgIpc) is 3.06. The van der Waals surface area contributed by atoms with E-state index in [1.807, 2.05) is 0 Å². The highest BCUT2D eigenvalue weighted by Gasteiger charge is 2.27. The Bertz CT molecular complexity index is 582. The molecule has 2 atom stereocenters. The quantitative estimate of drug-likeness (QED) is 0.796. The molecule has 0 N–H and O–H groups in total. The molecule has 104 valence electrons. The predicted molar refractivity (Wildman–Crippen MR) is 63.4 cm³/mol. The van der Waals surface area contributed by atoms with Gasteiger partial charge >= 0.3 is 5.69 Å². The van der Waals surface area contributed by atoms with E-state index in [2.05, 4.69) is 0 Å². The molecule has 1 aromatic heterocycles. The first-order valence-electron chi connectivity index (χ1n) is 6.45. The van der Waals surface area contributed by atoms with Gasteiger partial charge in [-0.25, -0.2) is 9.36 Å². The van der Waals surface area contributed by atoms with Crippen molar-refractivity contribution in [1.82, 2.24) is 9.13 Å². The molecule has 2 saturated heterocycles. The maximum atomic E-state index is 13.7. The second kappa shape index (κ2) is 4.90. The maximum absolute atomic E-state index is 13.7. The van der Waals surface area contributed by atoms with Gasteiger partial charge in [0.25, 0.3) is 5.56 Å². The van der Waals surface area contributed by atoms with Crippen molar-refractivity contribution in [3.05, 3.63) is 32.9 Å². The van der Waals surface area contributed by atoms with Gasteiger partial charge in [-0.1, -0.05) is 0 Å². The summed E-state index contributed by atoms with van der Waals surface area (Å²) in [6, 6.07) is 0. The van der Waals surface area contributed by atoms with Crippen molar-refractivity contribution < 1.29 is 13.9 Å². The Morgan fingerprint density at radius 1 is 1.11 bits per heavy atom. The van der Waals surface area contributed by atoms with Crippen molar-refractivity contribution in [1.29, 1.82) is 0 Å². The molecule has 3 heterocycles. The van der Waals surface area contributed by atoms with Crippen LogP contribution >= 0.6 is 0 Å². The van der Waals surface area contributed by atoms with Gasteiger partial charge < -0.3 is 9.47 Å². The maximum Gasteiger partial charge on any atom is 0.335 e. The number of aromatic nitrogens is 2. The number of rotatable bonds is 2. The molecule has 2 aliphatic heterocycles. The third-order valence-corrected chi connectivity index (χ3v) is 3.51. The number of hydrogen-bond donors (Lipinski definition) is 0. The monoisotopic (exact) mass is 270 g/mol. The third kappa shape index (κ3) is 2.12. The van der Waals surface area contributed by atoms with Crippen molar-refractivity contribution in [2.75, 3.05) is 13.2 Å². The van der Waals surface area contributed by atoms with Gasteiger partial charge in [0.05, 0.1) is 6.20 Å². The van der Waals surface area contributed by atoms with Gasteiger partial charge in [-0.05, 0) is 25.7 Å². The molecule has 0 amide bonds. The largest absolute Gasteiger partial charge is 0.358 e. The van der Waals surface area contributed by atoms with Gasteiger partial charge in [-0.2, -0.15) is 4.39 Å². The molecule has 0 bridgehead atoms. The van der Waals surface area contributed by atoms with Crippen LogP contribution in [0.3, 0.4) is 0 Å². The van der Waals surface area contributed by atoms with Gasteiger partial charge in [0.2, 0.25) is 5.82 Å². The molecule has 0 aromatic carbocycles. The standard InChI is InChI=1S/C12H15FN2O4/c13-8-7-14(9-3-1-5-18-9)12(17)15(11(8)16)10-4-2-6-19-10/h7,9-10H,1-6H2/t9-,10+/m1/s1. The van der Waals surface area contributed by atoms with E-state index in [4.69, 9.17) is 9.47 Å². The van der Waals surface area contributed by atoms with E-state index in [1.54, 1.807) is 0 Å². The summed E-state index contributed by atoms with van der Waals surface area (Å²) >= 11 is 0. The molecular formula is C12H15FN2O4. The van der Waals surface area contributed by atoms with Crippen LogP contribution in [0.1, 0.15) is 38.1 Å². The van der Waals surface area contributed by atoms with E-state index < -0.39 is 29.5 Å². The first kappa shape index (κ1) is 12.6. The summed E-state index contributed by atoms with van der Waals surface area (Å²) in [6.45, 7) is 1.02. The van der Waals surface area contributed by atoms with Gasteiger partial charge in [-0.3, -0.25) is 9.36 Å². The van der Waals surface area contributed by atoms with Crippen LogP contribution in [0, 0.1) is 5.82 Å². The summed E-state index contributed by atoms with van der Waals surface area (Å²) in [5.41, 5.74) is -1.49. The van der Waals surface area contributed by atoms with Gasteiger partial charge in [0.1, 0.15) is 12.5 Å². The molecule has 6 nitrogen and oxygen atoms in total. The highest BCUT2D eigenvalue weighted by molar-refractivity contribution is 4.93. The molecule has 0 radical (unpaired) electrons. The summed E-state index contributed by atoms with van der Waals surface area (Å²) in [6.07, 6.45) is 2.54. The molecule has 2 fully saturated rings. The van der Waals surface area contributed by atoms with E-state index in [-0.39, 0.29) is 0 Å². The molecule has 1 aromatic rings. The van der Waals surface area contributed by atoms with Crippen molar-refractivity contribution in [2.45, 2.75) is 38.1 Å². The Morgan fingerprint density at radius 3 is 2.32 bits per heavy atom. The van der Waals surface area contributed by atoms with Crippen molar-refractivity contribution in [3.8, 4) is 0 Å². The van der Waals surface area contributed by atoms with Crippen molar-refractivity contribution >= 4 is 0 Å². The topological polar surface area (TPSA) is 62.5 Å². The Balaban J connectivity index is 2.11. The van der Waals surface area contributed by atoms with Crippen LogP contribution in [0.15, 0.2) is 15.8 Å². The summed E-state index contributed by atoms with van der Waals surface area (Å²) in [4.78, 5) is 24.1. The molecule has 2 aliphatic rings.